The highest BCUT2D eigenvalue weighted by molar-refractivity contribution is 5.99. The Morgan fingerprint density at radius 1 is 1.18 bits per heavy atom. The molecule has 14 heteroatoms. The number of carbonyl (C=O) groups is 2. The molecular formula is C20H18F6N4O4. The number of hydrogen-bond donors (Lipinski definition) is 3. The first-order valence-electron chi connectivity index (χ1n) is 10.1. The number of nitrogen functional groups attached to an aromatic ring is 1. The van der Waals surface area contributed by atoms with Crippen LogP contribution in [-0.2, 0) is 4.79 Å². The average molecular weight is 492 g/mol. The van der Waals surface area contributed by atoms with Crippen LogP contribution in [0, 0.1) is 17.6 Å². The highest BCUT2D eigenvalue weighted by Gasteiger charge is 2.44. The number of anilines is 2. The number of carboxylic acids is 1. The monoisotopic (exact) mass is 492 g/mol. The third-order valence-electron chi connectivity index (χ3n) is 6.06. The number of nitrogens with two attached hydrogens (primary N) is 1. The maximum absolute atomic E-state index is 15.7. The van der Waals surface area contributed by atoms with Crippen molar-refractivity contribution in [3.63, 3.8) is 0 Å². The first kappa shape index (κ1) is 23.7. The number of hydrogen-bond acceptors (Lipinski definition) is 5. The lowest BCUT2D eigenvalue weighted by molar-refractivity contribution is -0.174. The second-order valence-electron chi connectivity index (χ2n) is 8.33. The van der Waals surface area contributed by atoms with Crippen molar-refractivity contribution >= 4 is 34.2 Å². The molecule has 0 bridgehead atoms. The van der Waals surface area contributed by atoms with Crippen LogP contribution in [-0.4, -0.2) is 53.5 Å². The molecule has 4 N–H and O–H groups in total. The summed E-state index contributed by atoms with van der Waals surface area (Å²) in [5.41, 5.74) is 1.77. The number of alkyl halides is 4. The van der Waals surface area contributed by atoms with Gasteiger partial charge in [-0.2, -0.15) is 13.2 Å². The Bertz CT molecular complexity index is 1260. The molecule has 8 nitrogen and oxygen atoms in total. The van der Waals surface area contributed by atoms with Gasteiger partial charge in [0.15, 0.2) is 11.6 Å². The Labute approximate surface area is 186 Å². The van der Waals surface area contributed by atoms with Crippen LogP contribution in [0.5, 0.6) is 0 Å². The van der Waals surface area contributed by atoms with Crippen LogP contribution in [0.1, 0.15) is 29.2 Å². The Kier molecular flexibility index (Phi) is 5.64. The summed E-state index contributed by atoms with van der Waals surface area (Å²) in [6.07, 6.45) is -3.24. The number of benzene rings is 1. The number of nitrogens with zero attached hydrogens (tertiary/aromatic N) is 2. The van der Waals surface area contributed by atoms with E-state index in [9.17, 15) is 37.1 Å². The number of halogens is 6. The van der Waals surface area contributed by atoms with Crippen LogP contribution < -0.4 is 21.4 Å². The molecule has 1 aromatic heterocycles. The number of pyridine rings is 1. The van der Waals surface area contributed by atoms with Crippen molar-refractivity contribution in [2.24, 2.45) is 5.92 Å². The van der Waals surface area contributed by atoms with E-state index in [1.54, 1.807) is 5.32 Å². The Balaban J connectivity index is 1.85. The predicted octanol–water partition coefficient (Wildman–Crippen LogP) is 2.35. The van der Waals surface area contributed by atoms with Gasteiger partial charge in [0.1, 0.15) is 11.3 Å². The summed E-state index contributed by atoms with van der Waals surface area (Å²) < 4.78 is 83.6. The van der Waals surface area contributed by atoms with Gasteiger partial charge in [0.05, 0.1) is 29.3 Å². The number of nitrogens with one attached hydrogen (secondary N) is 1. The van der Waals surface area contributed by atoms with Crippen molar-refractivity contribution in [2.45, 2.75) is 31.1 Å². The molecule has 2 fully saturated rings. The number of fused-ring (bicyclic) bond motifs is 1. The van der Waals surface area contributed by atoms with E-state index in [4.69, 9.17) is 5.73 Å². The second kappa shape index (κ2) is 8.09. The Hall–Kier alpha value is -3.45. The standard InChI is InChI=1S/C20H18F6N4O4/c21-3-7-4-29(6-10(7)28-19(34)20(24,25)26)16-12(22)14(27)11-15(13(16)23)30(8-1-2-8)5-9(17(11)31)18(32)33/h5,7-8,10H,1-4,6,27H2,(H,28,34)(H,32,33)/t7-,10+/m0/s1. The van der Waals surface area contributed by atoms with Gasteiger partial charge in [0, 0.05) is 31.2 Å². The highest BCUT2D eigenvalue weighted by Crippen LogP contribution is 2.42. The van der Waals surface area contributed by atoms with Crippen molar-refractivity contribution in [1.82, 2.24) is 9.88 Å². The largest absolute Gasteiger partial charge is 0.477 e. The van der Waals surface area contributed by atoms with Gasteiger partial charge in [-0.25, -0.2) is 13.6 Å². The van der Waals surface area contributed by atoms with Crippen LogP contribution in [0.15, 0.2) is 11.0 Å². The molecule has 2 aromatic rings. The molecule has 2 heterocycles. The molecule has 1 aromatic carbocycles. The zero-order valence-electron chi connectivity index (χ0n) is 17.3. The molecule has 34 heavy (non-hydrogen) atoms. The third-order valence-corrected chi connectivity index (χ3v) is 6.06. The van der Waals surface area contributed by atoms with Gasteiger partial charge >= 0.3 is 18.1 Å². The zero-order chi connectivity index (χ0) is 25.1. The minimum Gasteiger partial charge on any atom is -0.477 e. The summed E-state index contributed by atoms with van der Waals surface area (Å²) in [6, 6.07) is -1.78. The summed E-state index contributed by atoms with van der Waals surface area (Å²) in [5.74, 6) is -7.86. The summed E-state index contributed by atoms with van der Waals surface area (Å²) in [5, 5.41) is 10.3. The normalized spacial score (nSPS) is 20.7. The number of carboxylic acid groups (broad SMARTS) is 1. The minimum atomic E-state index is -5.24. The number of amides is 1. The summed E-state index contributed by atoms with van der Waals surface area (Å²) >= 11 is 0. The van der Waals surface area contributed by atoms with Crippen molar-refractivity contribution in [3.8, 4) is 0 Å². The minimum absolute atomic E-state index is 0.371. The van der Waals surface area contributed by atoms with Gasteiger partial charge in [-0.3, -0.25) is 14.0 Å². The topological polar surface area (TPSA) is 118 Å². The summed E-state index contributed by atoms with van der Waals surface area (Å²) in [6.45, 7) is -2.19. The van der Waals surface area contributed by atoms with Crippen molar-refractivity contribution < 1.29 is 41.0 Å². The molecule has 1 saturated carbocycles. The zero-order valence-corrected chi connectivity index (χ0v) is 17.3. The molecule has 0 radical (unpaired) electrons. The van der Waals surface area contributed by atoms with Crippen molar-refractivity contribution in [2.75, 3.05) is 30.4 Å². The molecule has 1 amide bonds. The van der Waals surface area contributed by atoms with E-state index in [0.29, 0.717) is 12.8 Å². The fourth-order valence-electron chi connectivity index (χ4n) is 4.25. The first-order valence-corrected chi connectivity index (χ1v) is 10.1. The first-order chi connectivity index (χ1) is 15.9. The van der Waals surface area contributed by atoms with Crippen molar-refractivity contribution in [1.29, 1.82) is 0 Å². The van der Waals surface area contributed by atoms with Crippen molar-refractivity contribution in [3.05, 3.63) is 33.6 Å². The molecule has 2 atom stereocenters. The fraction of sp³-hybridized carbons (Fsp3) is 0.450. The molecule has 0 spiro atoms. The number of rotatable bonds is 5. The van der Waals surface area contributed by atoms with Gasteiger partial charge in [-0.05, 0) is 12.8 Å². The van der Waals surface area contributed by atoms with Crippen LogP contribution in [0.2, 0.25) is 0 Å². The van der Waals surface area contributed by atoms with E-state index < -0.39 is 94.7 Å². The highest BCUT2D eigenvalue weighted by atomic mass is 19.4. The average Bonchev–Trinajstić information content (AvgIpc) is 3.52. The number of aromatic carboxylic acids is 1. The van der Waals surface area contributed by atoms with Gasteiger partial charge in [0.25, 0.3) is 0 Å². The molecule has 184 valence electrons. The molecular weight excluding hydrogens is 474 g/mol. The lowest BCUT2D eigenvalue weighted by atomic mass is 10.1. The lowest BCUT2D eigenvalue weighted by Crippen LogP contribution is -2.47. The molecule has 1 saturated heterocycles. The van der Waals surface area contributed by atoms with E-state index in [-0.39, 0.29) is 6.04 Å². The smallest absolute Gasteiger partial charge is 0.471 e. The van der Waals surface area contributed by atoms with Gasteiger partial charge < -0.3 is 25.6 Å². The molecule has 4 rings (SSSR count). The Morgan fingerprint density at radius 2 is 1.82 bits per heavy atom. The summed E-state index contributed by atoms with van der Waals surface area (Å²) in [4.78, 5) is 36.4. The maximum Gasteiger partial charge on any atom is 0.471 e. The number of carbonyl (C=O) groups excluding carboxylic acids is 1. The molecule has 1 aliphatic heterocycles. The quantitative estimate of drug-likeness (QED) is 0.436. The van der Waals surface area contributed by atoms with E-state index in [1.165, 1.54) is 4.57 Å². The predicted molar refractivity (Wildman–Crippen MR) is 107 cm³/mol. The van der Waals surface area contributed by atoms with Crippen LogP contribution in [0.25, 0.3) is 10.9 Å². The fourth-order valence-corrected chi connectivity index (χ4v) is 4.25. The molecule has 2 aliphatic rings. The van der Waals surface area contributed by atoms with Crippen LogP contribution >= 0.6 is 0 Å². The van der Waals surface area contributed by atoms with E-state index >= 15 is 8.78 Å². The maximum atomic E-state index is 15.7. The van der Waals surface area contributed by atoms with Gasteiger partial charge in [0.2, 0.25) is 5.43 Å². The van der Waals surface area contributed by atoms with Crippen LogP contribution in [0.3, 0.4) is 0 Å². The van der Waals surface area contributed by atoms with Gasteiger partial charge in [-0.15, -0.1) is 0 Å². The Morgan fingerprint density at radius 3 is 2.35 bits per heavy atom. The molecule has 1 aliphatic carbocycles. The molecule has 0 unspecified atom stereocenters. The lowest BCUT2D eigenvalue weighted by Gasteiger charge is -2.24. The third kappa shape index (κ3) is 3.80. The van der Waals surface area contributed by atoms with E-state index in [2.05, 4.69) is 0 Å². The van der Waals surface area contributed by atoms with Gasteiger partial charge in [-0.1, -0.05) is 0 Å². The summed E-state index contributed by atoms with van der Waals surface area (Å²) in [7, 11) is 0. The number of aromatic nitrogens is 1. The second-order valence-corrected chi connectivity index (χ2v) is 8.33. The SMILES string of the molecule is Nc1c(F)c(N2C[C@H](CF)[C@H](NC(=O)C(F)(F)F)C2)c(F)c2c1c(=O)c(C(=O)O)cn2C1CC1. The van der Waals surface area contributed by atoms with E-state index in [0.717, 1.165) is 11.1 Å². The van der Waals surface area contributed by atoms with Crippen LogP contribution in [0.4, 0.5) is 37.7 Å². The van der Waals surface area contributed by atoms with E-state index in [1.807, 2.05) is 0 Å².